The summed E-state index contributed by atoms with van der Waals surface area (Å²) in [6.07, 6.45) is 0.197. The lowest BCUT2D eigenvalue weighted by Gasteiger charge is -2.37. The second-order valence-corrected chi connectivity index (χ2v) is 2.72. The summed E-state index contributed by atoms with van der Waals surface area (Å²) >= 11 is 3.23. The van der Waals surface area contributed by atoms with Crippen LogP contribution in [0, 0.1) is 0 Å². The minimum absolute atomic E-state index is 0.225. The molecular formula is C5H8BrNO2. The lowest BCUT2D eigenvalue weighted by Crippen LogP contribution is -2.51. The van der Waals surface area contributed by atoms with Crippen molar-refractivity contribution in [1.82, 2.24) is 4.90 Å². The van der Waals surface area contributed by atoms with Gasteiger partial charge in [0.25, 0.3) is 0 Å². The quantitative estimate of drug-likeness (QED) is 0.635. The Morgan fingerprint density at radius 1 is 1.89 bits per heavy atom. The molecule has 0 bridgehead atoms. The fraction of sp³-hybridized carbons (Fsp3) is 0.800. The standard InChI is InChI=1S/C5H8BrNO2/c6-3-4-1-2-7(4)5(8)9/h4H,1-3H2,(H,8,9). The van der Waals surface area contributed by atoms with E-state index in [1.807, 2.05) is 0 Å². The summed E-state index contributed by atoms with van der Waals surface area (Å²) in [6, 6.07) is 0.225. The van der Waals surface area contributed by atoms with Crippen LogP contribution in [0.25, 0.3) is 0 Å². The number of alkyl halides is 1. The Morgan fingerprint density at radius 3 is 2.67 bits per heavy atom. The monoisotopic (exact) mass is 193 g/mol. The van der Waals surface area contributed by atoms with Gasteiger partial charge in [-0.05, 0) is 6.42 Å². The summed E-state index contributed by atoms with van der Waals surface area (Å²) in [5.74, 6) is 0. The van der Waals surface area contributed by atoms with E-state index in [0.717, 1.165) is 11.8 Å². The highest BCUT2D eigenvalue weighted by Gasteiger charge is 2.30. The topological polar surface area (TPSA) is 40.5 Å². The zero-order valence-corrected chi connectivity index (χ0v) is 6.47. The normalized spacial score (nSPS) is 25.4. The molecule has 1 aliphatic heterocycles. The maximum atomic E-state index is 10.3. The minimum Gasteiger partial charge on any atom is -0.465 e. The number of rotatable bonds is 1. The van der Waals surface area contributed by atoms with Gasteiger partial charge in [-0.3, -0.25) is 0 Å². The van der Waals surface area contributed by atoms with Crippen molar-refractivity contribution in [2.24, 2.45) is 0 Å². The molecule has 0 aliphatic carbocycles. The Kier molecular flexibility index (Phi) is 1.95. The van der Waals surface area contributed by atoms with Gasteiger partial charge in [0.05, 0.1) is 0 Å². The Labute approximate surface area is 61.8 Å². The third-order valence-electron chi connectivity index (χ3n) is 1.57. The van der Waals surface area contributed by atoms with Gasteiger partial charge in [-0.25, -0.2) is 4.79 Å². The highest BCUT2D eigenvalue weighted by molar-refractivity contribution is 9.09. The van der Waals surface area contributed by atoms with E-state index in [4.69, 9.17) is 5.11 Å². The largest absolute Gasteiger partial charge is 0.465 e. The second-order valence-electron chi connectivity index (χ2n) is 2.07. The van der Waals surface area contributed by atoms with Crippen LogP contribution < -0.4 is 0 Å². The number of halogens is 1. The summed E-state index contributed by atoms with van der Waals surface area (Å²) in [4.78, 5) is 11.7. The van der Waals surface area contributed by atoms with E-state index in [9.17, 15) is 4.79 Å². The molecule has 9 heavy (non-hydrogen) atoms. The van der Waals surface area contributed by atoms with Crippen molar-refractivity contribution in [3.63, 3.8) is 0 Å². The molecule has 0 aromatic carbocycles. The van der Waals surface area contributed by atoms with Gasteiger partial charge in [-0.1, -0.05) is 15.9 Å². The van der Waals surface area contributed by atoms with Gasteiger partial charge in [-0.15, -0.1) is 0 Å². The van der Waals surface area contributed by atoms with Crippen molar-refractivity contribution in [2.45, 2.75) is 12.5 Å². The van der Waals surface area contributed by atoms with Gasteiger partial charge in [0.15, 0.2) is 0 Å². The van der Waals surface area contributed by atoms with E-state index in [1.54, 1.807) is 0 Å². The number of carbonyl (C=O) groups is 1. The molecule has 1 saturated heterocycles. The van der Waals surface area contributed by atoms with Crippen LogP contribution in [0.2, 0.25) is 0 Å². The maximum absolute atomic E-state index is 10.3. The fourth-order valence-electron chi connectivity index (χ4n) is 0.853. The van der Waals surface area contributed by atoms with Gasteiger partial charge >= 0.3 is 6.09 Å². The zero-order valence-electron chi connectivity index (χ0n) is 4.88. The Morgan fingerprint density at radius 2 is 2.56 bits per heavy atom. The second kappa shape index (κ2) is 2.56. The predicted octanol–water partition coefficient (Wildman–Crippen LogP) is 1.13. The predicted molar refractivity (Wildman–Crippen MR) is 36.9 cm³/mol. The molecule has 1 amide bonds. The molecule has 3 nitrogen and oxygen atoms in total. The van der Waals surface area contributed by atoms with Crippen LogP contribution in [0.4, 0.5) is 4.79 Å². The molecule has 0 saturated carbocycles. The molecule has 0 aromatic heterocycles. The number of likely N-dealkylation sites (tertiary alicyclic amines) is 1. The SMILES string of the molecule is O=C(O)N1CCC1CBr. The van der Waals surface area contributed by atoms with Gasteiger partial charge in [-0.2, -0.15) is 0 Å². The smallest absolute Gasteiger partial charge is 0.407 e. The summed E-state index contributed by atoms with van der Waals surface area (Å²) in [5, 5.41) is 9.20. The molecule has 1 heterocycles. The molecule has 0 aromatic rings. The molecule has 1 rings (SSSR count). The maximum Gasteiger partial charge on any atom is 0.407 e. The van der Waals surface area contributed by atoms with Crippen LogP contribution in [0.5, 0.6) is 0 Å². The molecule has 52 valence electrons. The summed E-state index contributed by atoms with van der Waals surface area (Å²) < 4.78 is 0. The number of carboxylic acid groups (broad SMARTS) is 1. The average molecular weight is 194 g/mol. The van der Waals surface area contributed by atoms with Crippen LogP contribution in [-0.2, 0) is 0 Å². The van der Waals surface area contributed by atoms with Crippen LogP contribution in [-0.4, -0.2) is 34.0 Å². The molecule has 1 fully saturated rings. The van der Waals surface area contributed by atoms with Crippen molar-refractivity contribution in [3.8, 4) is 0 Å². The first-order valence-corrected chi connectivity index (χ1v) is 3.93. The van der Waals surface area contributed by atoms with Crippen LogP contribution in [0.15, 0.2) is 0 Å². The van der Waals surface area contributed by atoms with Crippen LogP contribution >= 0.6 is 15.9 Å². The lowest BCUT2D eigenvalue weighted by atomic mass is 10.1. The van der Waals surface area contributed by atoms with Crippen molar-refractivity contribution >= 4 is 22.0 Å². The molecule has 0 spiro atoms. The Hall–Kier alpha value is -0.250. The lowest BCUT2D eigenvalue weighted by molar-refractivity contribution is 0.0858. The first-order valence-electron chi connectivity index (χ1n) is 2.81. The van der Waals surface area contributed by atoms with Gasteiger partial charge < -0.3 is 10.0 Å². The minimum atomic E-state index is -0.800. The molecule has 1 unspecified atom stereocenters. The van der Waals surface area contributed by atoms with E-state index in [2.05, 4.69) is 15.9 Å². The van der Waals surface area contributed by atoms with E-state index in [1.165, 1.54) is 4.90 Å². The number of amides is 1. The highest BCUT2D eigenvalue weighted by atomic mass is 79.9. The van der Waals surface area contributed by atoms with E-state index in [-0.39, 0.29) is 6.04 Å². The Balaban J connectivity index is 2.35. The van der Waals surface area contributed by atoms with E-state index >= 15 is 0 Å². The molecule has 1 atom stereocenters. The third kappa shape index (κ3) is 1.18. The molecule has 1 N–H and O–H groups in total. The van der Waals surface area contributed by atoms with E-state index < -0.39 is 6.09 Å². The van der Waals surface area contributed by atoms with E-state index in [0.29, 0.717) is 6.54 Å². The first-order chi connectivity index (χ1) is 4.25. The summed E-state index contributed by atoms with van der Waals surface area (Å²) in [7, 11) is 0. The van der Waals surface area contributed by atoms with Crippen LogP contribution in [0.1, 0.15) is 6.42 Å². The van der Waals surface area contributed by atoms with Crippen molar-refractivity contribution in [3.05, 3.63) is 0 Å². The van der Waals surface area contributed by atoms with Crippen molar-refractivity contribution in [2.75, 3.05) is 11.9 Å². The highest BCUT2D eigenvalue weighted by Crippen LogP contribution is 2.18. The zero-order chi connectivity index (χ0) is 6.85. The number of nitrogens with zero attached hydrogens (tertiary/aromatic N) is 1. The fourth-order valence-corrected chi connectivity index (χ4v) is 1.53. The molecule has 4 heteroatoms. The average Bonchev–Trinajstić information content (AvgIpc) is 1.61. The Bertz CT molecular complexity index is 126. The number of hydrogen-bond donors (Lipinski definition) is 1. The molecule has 0 radical (unpaired) electrons. The van der Waals surface area contributed by atoms with Crippen molar-refractivity contribution < 1.29 is 9.90 Å². The third-order valence-corrected chi connectivity index (χ3v) is 2.32. The van der Waals surface area contributed by atoms with Gasteiger partial charge in [0.2, 0.25) is 0 Å². The van der Waals surface area contributed by atoms with Gasteiger partial charge in [0.1, 0.15) is 0 Å². The number of hydrogen-bond acceptors (Lipinski definition) is 1. The molecule has 1 aliphatic rings. The first kappa shape index (κ1) is 6.86. The van der Waals surface area contributed by atoms with Crippen molar-refractivity contribution in [1.29, 1.82) is 0 Å². The van der Waals surface area contributed by atoms with Gasteiger partial charge in [0, 0.05) is 17.9 Å². The summed E-state index contributed by atoms with van der Waals surface area (Å²) in [6.45, 7) is 0.700. The summed E-state index contributed by atoms with van der Waals surface area (Å²) in [5.41, 5.74) is 0. The van der Waals surface area contributed by atoms with Crippen LogP contribution in [0.3, 0.4) is 0 Å². The molecular weight excluding hydrogens is 186 g/mol.